The van der Waals surface area contributed by atoms with Gasteiger partial charge in [-0.05, 0) is 29.2 Å². The molecule has 168 valence electrons. The third kappa shape index (κ3) is 4.45. The molecular formula is C32H29NO. The number of benzene rings is 4. The van der Waals surface area contributed by atoms with Crippen LogP contribution >= 0.6 is 0 Å². The van der Waals surface area contributed by atoms with Crippen molar-refractivity contribution in [3.8, 4) is 0 Å². The molecule has 0 unspecified atom stereocenters. The third-order valence-electron chi connectivity index (χ3n) is 6.79. The molecule has 0 aromatic heterocycles. The van der Waals surface area contributed by atoms with Gasteiger partial charge < -0.3 is 4.90 Å². The van der Waals surface area contributed by atoms with Crippen molar-refractivity contribution in [2.75, 3.05) is 6.54 Å². The van der Waals surface area contributed by atoms with E-state index in [4.69, 9.17) is 0 Å². The molecule has 0 amide bonds. The minimum Gasteiger partial charge on any atom is -0.366 e. The first-order chi connectivity index (χ1) is 16.7. The Kier molecular flexibility index (Phi) is 6.40. The highest BCUT2D eigenvalue weighted by molar-refractivity contribution is 5.99. The molecule has 0 aliphatic carbocycles. The average molecular weight is 444 g/mol. The molecule has 0 fully saturated rings. The van der Waals surface area contributed by atoms with E-state index in [0.717, 1.165) is 12.1 Å². The largest absolute Gasteiger partial charge is 0.366 e. The third-order valence-corrected chi connectivity index (χ3v) is 6.79. The second-order valence-electron chi connectivity index (χ2n) is 8.99. The van der Waals surface area contributed by atoms with Crippen LogP contribution < -0.4 is 0 Å². The predicted molar refractivity (Wildman–Crippen MR) is 139 cm³/mol. The van der Waals surface area contributed by atoms with Gasteiger partial charge in [0.05, 0.1) is 5.92 Å². The van der Waals surface area contributed by atoms with E-state index >= 15 is 0 Å². The summed E-state index contributed by atoms with van der Waals surface area (Å²) in [6.07, 6.45) is 0. The van der Waals surface area contributed by atoms with Gasteiger partial charge in [-0.15, -0.1) is 0 Å². The van der Waals surface area contributed by atoms with E-state index in [1.807, 2.05) is 42.5 Å². The highest BCUT2D eigenvalue weighted by Crippen LogP contribution is 2.44. The van der Waals surface area contributed by atoms with E-state index in [0.29, 0.717) is 6.54 Å². The average Bonchev–Trinajstić information content (AvgIpc) is 2.90. The second kappa shape index (κ2) is 9.93. The highest BCUT2D eigenvalue weighted by atomic mass is 16.1. The lowest BCUT2D eigenvalue weighted by Gasteiger charge is -2.42. The number of hydrogen-bond acceptors (Lipinski definition) is 2. The molecule has 2 atom stereocenters. The van der Waals surface area contributed by atoms with E-state index in [1.54, 1.807) is 0 Å². The van der Waals surface area contributed by atoms with Crippen molar-refractivity contribution >= 4 is 11.5 Å². The smallest absolute Gasteiger partial charge is 0.168 e. The van der Waals surface area contributed by atoms with Crippen LogP contribution in [-0.4, -0.2) is 17.2 Å². The van der Waals surface area contributed by atoms with Crippen LogP contribution in [0.15, 0.2) is 127 Å². The molecule has 1 aliphatic rings. The summed E-state index contributed by atoms with van der Waals surface area (Å²) in [5.74, 6) is 0.0658. The minimum atomic E-state index is -0.166. The molecular weight excluding hydrogens is 414 g/mol. The van der Waals surface area contributed by atoms with E-state index in [-0.39, 0.29) is 17.6 Å². The molecule has 0 bridgehead atoms. The Morgan fingerprint density at radius 3 is 1.88 bits per heavy atom. The molecule has 0 saturated heterocycles. The van der Waals surface area contributed by atoms with Gasteiger partial charge in [-0.25, -0.2) is 0 Å². The van der Waals surface area contributed by atoms with Crippen LogP contribution in [0, 0.1) is 5.92 Å². The molecule has 0 N–H and O–H groups in total. The van der Waals surface area contributed by atoms with Gasteiger partial charge in [-0.2, -0.15) is 0 Å². The molecule has 34 heavy (non-hydrogen) atoms. The van der Waals surface area contributed by atoms with Crippen LogP contribution in [-0.2, 0) is 6.54 Å². The van der Waals surface area contributed by atoms with Crippen LogP contribution in [0.1, 0.15) is 39.9 Å². The highest BCUT2D eigenvalue weighted by Gasteiger charge is 2.39. The zero-order valence-corrected chi connectivity index (χ0v) is 19.5. The Morgan fingerprint density at radius 1 is 0.735 bits per heavy atom. The van der Waals surface area contributed by atoms with Crippen LogP contribution in [0.4, 0.5) is 0 Å². The maximum absolute atomic E-state index is 13.9. The van der Waals surface area contributed by atoms with Gasteiger partial charge in [0.1, 0.15) is 0 Å². The predicted octanol–water partition coefficient (Wildman–Crippen LogP) is 7.22. The first kappa shape index (κ1) is 21.9. The van der Waals surface area contributed by atoms with Gasteiger partial charge in [0.25, 0.3) is 0 Å². The van der Waals surface area contributed by atoms with Gasteiger partial charge in [-0.1, -0.05) is 121 Å². The topological polar surface area (TPSA) is 20.3 Å². The molecule has 0 spiro atoms. The number of carbonyl (C=O) groups is 1. The molecule has 1 heterocycles. The summed E-state index contributed by atoms with van der Waals surface area (Å²) >= 11 is 0. The van der Waals surface area contributed by atoms with E-state index in [1.165, 1.54) is 28.0 Å². The zero-order chi connectivity index (χ0) is 23.3. The summed E-state index contributed by atoms with van der Waals surface area (Å²) in [6, 6.07) is 41.4. The minimum absolute atomic E-state index is 0.0242. The number of carbonyl (C=O) groups excluding carboxylic acids is 1. The molecule has 4 aromatic rings. The molecule has 0 saturated carbocycles. The van der Waals surface area contributed by atoms with Crippen molar-refractivity contribution in [3.05, 3.63) is 149 Å². The van der Waals surface area contributed by atoms with Crippen LogP contribution in [0.3, 0.4) is 0 Å². The van der Waals surface area contributed by atoms with E-state index in [9.17, 15) is 4.79 Å². The van der Waals surface area contributed by atoms with Gasteiger partial charge in [0.15, 0.2) is 5.78 Å². The number of ketones is 1. The standard InChI is InChI=1S/C32H29NO/c1-24-30(26-16-8-3-9-17-26)29(32(34)28-20-12-5-13-21-28)23-33(22-25-14-6-2-7-15-25)31(24)27-18-10-4-11-19-27/h2-21,29-30H,22-23H2,1H3/t29-,30-/m1/s1. The van der Waals surface area contributed by atoms with Gasteiger partial charge in [-0.3, -0.25) is 4.79 Å². The van der Waals surface area contributed by atoms with Crippen molar-refractivity contribution in [2.24, 2.45) is 5.92 Å². The van der Waals surface area contributed by atoms with Crippen LogP contribution in [0.2, 0.25) is 0 Å². The summed E-state index contributed by atoms with van der Waals surface area (Å²) in [7, 11) is 0. The van der Waals surface area contributed by atoms with Crippen molar-refractivity contribution in [1.82, 2.24) is 4.90 Å². The normalized spacial score (nSPS) is 18.1. The maximum atomic E-state index is 13.9. The van der Waals surface area contributed by atoms with E-state index < -0.39 is 0 Å². The molecule has 1 aliphatic heterocycles. The summed E-state index contributed by atoms with van der Waals surface area (Å²) in [4.78, 5) is 16.3. The van der Waals surface area contributed by atoms with Crippen molar-refractivity contribution in [1.29, 1.82) is 0 Å². The van der Waals surface area contributed by atoms with E-state index in [2.05, 4.69) is 90.7 Å². The summed E-state index contributed by atoms with van der Waals surface area (Å²) in [5, 5.41) is 0. The lowest BCUT2D eigenvalue weighted by atomic mass is 9.73. The summed E-state index contributed by atoms with van der Waals surface area (Å²) < 4.78 is 0. The fourth-order valence-electron chi connectivity index (χ4n) is 5.28. The number of hydrogen-bond donors (Lipinski definition) is 0. The van der Waals surface area contributed by atoms with Crippen LogP contribution in [0.5, 0.6) is 0 Å². The number of rotatable bonds is 6. The molecule has 2 nitrogen and oxygen atoms in total. The zero-order valence-electron chi connectivity index (χ0n) is 19.5. The Hall–Kier alpha value is -3.91. The lowest BCUT2D eigenvalue weighted by Crippen LogP contribution is -2.41. The summed E-state index contributed by atoms with van der Waals surface area (Å²) in [6.45, 7) is 3.65. The van der Waals surface area contributed by atoms with Crippen LogP contribution in [0.25, 0.3) is 5.70 Å². The SMILES string of the molecule is CC1=C(c2ccccc2)N(Cc2ccccc2)C[C@@H](C(=O)c2ccccc2)[C@H]1c1ccccc1. The van der Waals surface area contributed by atoms with Gasteiger partial charge in [0, 0.05) is 30.3 Å². The molecule has 2 heteroatoms. The van der Waals surface area contributed by atoms with Gasteiger partial charge in [0.2, 0.25) is 0 Å². The lowest BCUT2D eigenvalue weighted by molar-refractivity contribution is 0.0872. The fourth-order valence-corrected chi connectivity index (χ4v) is 5.28. The Labute approximate surface area is 202 Å². The van der Waals surface area contributed by atoms with Crippen molar-refractivity contribution in [3.63, 3.8) is 0 Å². The number of allylic oxidation sites excluding steroid dienone is 1. The quantitative estimate of drug-likeness (QED) is 0.293. The van der Waals surface area contributed by atoms with Gasteiger partial charge >= 0.3 is 0 Å². The molecule has 5 rings (SSSR count). The maximum Gasteiger partial charge on any atom is 0.168 e. The first-order valence-corrected chi connectivity index (χ1v) is 11.9. The molecule has 4 aromatic carbocycles. The first-order valence-electron chi connectivity index (χ1n) is 11.9. The fraction of sp³-hybridized carbons (Fsp3) is 0.156. The Balaban J connectivity index is 1.66. The Bertz CT molecular complexity index is 1260. The molecule has 0 radical (unpaired) electrons. The Morgan fingerprint density at radius 2 is 1.26 bits per heavy atom. The van der Waals surface area contributed by atoms with Crippen molar-refractivity contribution < 1.29 is 4.79 Å². The number of nitrogens with zero attached hydrogens (tertiary/aromatic N) is 1. The second-order valence-corrected chi connectivity index (χ2v) is 8.99. The van der Waals surface area contributed by atoms with Crippen molar-refractivity contribution in [2.45, 2.75) is 19.4 Å². The number of Topliss-reactive ketones (excluding diaryl/α,β-unsaturated/α-hetero) is 1. The monoisotopic (exact) mass is 443 g/mol. The summed E-state index contributed by atoms with van der Waals surface area (Å²) in [5.41, 5.74) is 6.89.